The molecule has 0 spiro atoms. The van der Waals surface area contributed by atoms with Crippen molar-refractivity contribution in [2.24, 2.45) is 4.99 Å². The Hall–Kier alpha value is -2.94. The summed E-state index contributed by atoms with van der Waals surface area (Å²) in [5.74, 6) is -0.295. The molecule has 0 atom stereocenters. The zero-order valence-corrected chi connectivity index (χ0v) is 14.3. The summed E-state index contributed by atoms with van der Waals surface area (Å²) in [4.78, 5) is 32.1. The van der Waals surface area contributed by atoms with E-state index in [0.717, 1.165) is 10.5 Å². The van der Waals surface area contributed by atoms with Crippen LogP contribution < -0.4 is 0 Å². The van der Waals surface area contributed by atoms with Gasteiger partial charge in [-0.15, -0.1) is 0 Å². The zero-order valence-electron chi connectivity index (χ0n) is 14.3. The van der Waals surface area contributed by atoms with Crippen molar-refractivity contribution in [3.05, 3.63) is 47.2 Å². The van der Waals surface area contributed by atoms with E-state index in [9.17, 15) is 9.59 Å². The highest BCUT2D eigenvalue weighted by Gasteiger charge is 2.51. The molecule has 1 aromatic carbocycles. The van der Waals surface area contributed by atoms with Gasteiger partial charge in [-0.1, -0.05) is 18.2 Å². The maximum Gasteiger partial charge on any atom is 0.332 e. The van der Waals surface area contributed by atoms with E-state index in [0.29, 0.717) is 11.3 Å². The minimum absolute atomic E-state index is 0.254. The number of nitrogens with zero attached hydrogens (tertiary/aromatic N) is 4. The Labute approximate surface area is 141 Å². The highest BCUT2D eigenvalue weighted by atomic mass is 16.2. The summed E-state index contributed by atoms with van der Waals surface area (Å²) in [5, 5.41) is 9.01. The molecule has 6 nitrogen and oxygen atoms in total. The van der Waals surface area contributed by atoms with Crippen molar-refractivity contribution in [3.8, 4) is 6.07 Å². The summed E-state index contributed by atoms with van der Waals surface area (Å²) in [5.41, 5.74) is 0.799. The van der Waals surface area contributed by atoms with Crippen molar-refractivity contribution in [2.45, 2.75) is 32.9 Å². The van der Waals surface area contributed by atoms with Gasteiger partial charge in [0.1, 0.15) is 5.54 Å². The molecule has 0 bridgehead atoms. The lowest BCUT2D eigenvalue weighted by atomic mass is 10.0. The first-order chi connectivity index (χ1) is 11.4. The Morgan fingerprint density at radius 3 is 2.67 bits per heavy atom. The number of amides is 3. The summed E-state index contributed by atoms with van der Waals surface area (Å²) in [6.07, 6.45) is 3.17. The lowest BCUT2D eigenvalue weighted by Crippen LogP contribution is -2.43. The van der Waals surface area contributed by atoms with Gasteiger partial charge >= 0.3 is 6.03 Å². The number of aliphatic imine (C=N–C) groups is 1. The average molecular weight is 324 g/mol. The van der Waals surface area contributed by atoms with Gasteiger partial charge in [0.15, 0.2) is 0 Å². The van der Waals surface area contributed by atoms with Gasteiger partial charge in [-0.05, 0) is 38.5 Å². The van der Waals surface area contributed by atoms with Gasteiger partial charge in [0.2, 0.25) is 0 Å². The van der Waals surface area contributed by atoms with E-state index in [2.05, 4.69) is 11.1 Å². The van der Waals surface area contributed by atoms with Crippen molar-refractivity contribution in [3.63, 3.8) is 0 Å². The van der Waals surface area contributed by atoms with Crippen LogP contribution in [0.2, 0.25) is 0 Å². The molecule has 0 aromatic heterocycles. The van der Waals surface area contributed by atoms with Crippen LogP contribution in [0.25, 0.3) is 0 Å². The van der Waals surface area contributed by atoms with Crippen molar-refractivity contribution in [2.75, 3.05) is 7.05 Å². The van der Waals surface area contributed by atoms with Gasteiger partial charge in [-0.25, -0.2) is 9.69 Å². The summed E-state index contributed by atoms with van der Waals surface area (Å²) < 4.78 is 0. The van der Waals surface area contributed by atoms with Crippen molar-refractivity contribution < 1.29 is 9.59 Å². The molecule has 0 aliphatic carbocycles. The molecule has 0 N–H and O–H groups in total. The highest BCUT2D eigenvalue weighted by molar-refractivity contribution is 6.11. The Balaban J connectivity index is 2.38. The smallest absolute Gasteiger partial charge is 0.305 e. The number of nitriles is 1. The number of carbonyl (C=O) groups excluding carboxylic acids is 2. The van der Waals surface area contributed by atoms with Crippen LogP contribution in [0.4, 0.5) is 4.79 Å². The quantitative estimate of drug-likeness (QED) is 0.631. The number of hydrogen-bond acceptors (Lipinski definition) is 4. The third-order valence-corrected chi connectivity index (χ3v) is 4.04. The van der Waals surface area contributed by atoms with E-state index in [4.69, 9.17) is 5.26 Å². The van der Waals surface area contributed by atoms with Gasteiger partial charge in [0.05, 0.1) is 17.3 Å². The second-order valence-electron chi connectivity index (χ2n) is 5.98. The maximum absolute atomic E-state index is 12.8. The summed E-state index contributed by atoms with van der Waals surface area (Å²) in [7, 11) is 1.59. The van der Waals surface area contributed by atoms with Gasteiger partial charge in [0.25, 0.3) is 5.91 Å². The largest absolute Gasteiger partial charge is 0.332 e. The molecule has 0 radical (unpaired) electrons. The van der Waals surface area contributed by atoms with Crippen molar-refractivity contribution >= 4 is 18.2 Å². The molecule has 1 saturated heterocycles. The lowest BCUT2D eigenvalue weighted by molar-refractivity contribution is -0.130. The SMILES string of the molecule is CC=C(C=NC)N1C(=O)N(Cc2cccc(C#N)c2)C(C)(C)C1=O. The van der Waals surface area contributed by atoms with E-state index >= 15 is 0 Å². The van der Waals surface area contributed by atoms with Crippen LogP contribution in [0.5, 0.6) is 0 Å². The molecule has 1 heterocycles. The van der Waals surface area contributed by atoms with Crippen LogP contribution in [0.15, 0.2) is 41.0 Å². The number of benzene rings is 1. The van der Waals surface area contributed by atoms with Gasteiger partial charge < -0.3 is 4.90 Å². The Bertz CT molecular complexity index is 771. The maximum atomic E-state index is 12.8. The summed E-state index contributed by atoms with van der Waals surface area (Å²) in [6, 6.07) is 8.72. The second kappa shape index (κ2) is 6.67. The standard InChI is InChI=1S/C18H20N4O2/c1-5-15(11-20-4)22-16(23)18(2,3)21(17(22)24)12-14-8-6-7-13(9-14)10-19/h5-9,11H,12H2,1-4H3. The first kappa shape index (κ1) is 17.4. The molecule has 0 saturated carbocycles. The summed E-state index contributed by atoms with van der Waals surface area (Å²) >= 11 is 0. The normalized spacial score (nSPS) is 17.7. The Morgan fingerprint density at radius 1 is 1.38 bits per heavy atom. The molecule has 2 rings (SSSR count). The Morgan fingerprint density at radius 2 is 2.08 bits per heavy atom. The zero-order chi connectivity index (χ0) is 17.9. The number of allylic oxidation sites excluding steroid dienone is 2. The van der Waals surface area contributed by atoms with Crippen LogP contribution in [0.1, 0.15) is 31.9 Å². The van der Waals surface area contributed by atoms with E-state index in [-0.39, 0.29) is 18.5 Å². The van der Waals surface area contributed by atoms with Crippen LogP contribution >= 0.6 is 0 Å². The fraction of sp³-hybridized carbons (Fsp3) is 0.333. The van der Waals surface area contributed by atoms with Crippen LogP contribution in [-0.2, 0) is 11.3 Å². The summed E-state index contributed by atoms with van der Waals surface area (Å²) in [6.45, 7) is 5.45. The van der Waals surface area contributed by atoms with Gasteiger partial charge in [0, 0.05) is 19.8 Å². The third kappa shape index (κ3) is 2.93. The molecule has 1 fully saturated rings. The van der Waals surface area contributed by atoms with E-state index < -0.39 is 5.54 Å². The molecular weight excluding hydrogens is 304 g/mol. The number of rotatable bonds is 4. The highest BCUT2D eigenvalue weighted by Crippen LogP contribution is 2.31. The van der Waals surface area contributed by atoms with Gasteiger partial charge in [-0.2, -0.15) is 5.26 Å². The number of hydrogen-bond donors (Lipinski definition) is 0. The first-order valence-electron chi connectivity index (χ1n) is 7.60. The van der Waals surface area contributed by atoms with Crippen LogP contribution in [-0.4, -0.2) is 40.5 Å². The molecule has 124 valence electrons. The number of imide groups is 1. The fourth-order valence-electron chi connectivity index (χ4n) is 2.64. The molecule has 1 aliphatic heterocycles. The first-order valence-corrected chi connectivity index (χ1v) is 7.60. The van der Waals surface area contributed by atoms with Crippen molar-refractivity contribution in [1.29, 1.82) is 5.26 Å². The molecule has 6 heteroatoms. The van der Waals surface area contributed by atoms with E-state index in [1.54, 1.807) is 52.1 Å². The Kier molecular flexibility index (Phi) is 4.84. The molecule has 3 amide bonds. The molecule has 24 heavy (non-hydrogen) atoms. The average Bonchev–Trinajstić information content (AvgIpc) is 2.73. The van der Waals surface area contributed by atoms with Crippen LogP contribution in [0.3, 0.4) is 0 Å². The van der Waals surface area contributed by atoms with Crippen molar-refractivity contribution in [1.82, 2.24) is 9.80 Å². The topological polar surface area (TPSA) is 76.8 Å². The van der Waals surface area contributed by atoms with E-state index in [1.165, 1.54) is 11.1 Å². The lowest BCUT2D eigenvalue weighted by Gasteiger charge is -2.27. The third-order valence-electron chi connectivity index (χ3n) is 4.04. The minimum atomic E-state index is -0.977. The van der Waals surface area contributed by atoms with Gasteiger partial charge in [-0.3, -0.25) is 9.79 Å². The predicted octanol–water partition coefficient (Wildman–Crippen LogP) is 2.71. The fourth-order valence-corrected chi connectivity index (χ4v) is 2.64. The second-order valence-corrected chi connectivity index (χ2v) is 5.98. The molecule has 1 aliphatic rings. The molecule has 0 unspecified atom stereocenters. The number of carbonyl (C=O) groups is 2. The molecular formula is C18H20N4O2. The predicted molar refractivity (Wildman–Crippen MR) is 91.2 cm³/mol. The minimum Gasteiger partial charge on any atom is -0.305 e. The number of urea groups is 1. The monoisotopic (exact) mass is 324 g/mol. The van der Waals surface area contributed by atoms with Crippen LogP contribution in [0, 0.1) is 11.3 Å². The van der Waals surface area contributed by atoms with E-state index in [1.807, 2.05) is 6.07 Å². The molecule has 1 aromatic rings.